The highest BCUT2D eigenvalue weighted by atomic mass is 19.4. The number of benzene rings is 2. The molecule has 1 aliphatic rings. The molecular formula is C17H12F3NO5. The van der Waals surface area contributed by atoms with Gasteiger partial charge >= 0.3 is 12.3 Å². The molecular weight excluding hydrogens is 355 g/mol. The minimum atomic E-state index is -4.75. The lowest BCUT2D eigenvalue weighted by Gasteiger charge is -2.11. The molecule has 0 bridgehead atoms. The first-order valence-corrected chi connectivity index (χ1v) is 7.40. The molecule has 2 aromatic carbocycles. The van der Waals surface area contributed by atoms with Crippen LogP contribution in [-0.4, -0.2) is 23.3 Å². The lowest BCUT2D eigenvalue weighted by molar-refractivity contribution is -0.274. The van der Waals surface area contributed by atoms with Crippen LogP contribution in [0.4, 0.5) is 13.2 Å². The second kappa shape index (κ2) is 6.95. The third-order valence-corrected chi connectivity index (χ3v) is 3.44. The standard InChI is InChI=1S/C17H12F3NO5/c18-17(19,20)25-12-6-4-10(5-7-12)14-9-15(21-26-14)24-13-3-1-2-11(8-13)16(22)23/h1-8,14H,9H2,(H,22,23)/t14-/m1/s1. The lowest BCUT2D eigenvalue weighted by atomic mass is 10.1. The van der Waals surface area contributed by atoms with Crippen molar-refractivity contribution in [1.82, 2.24) is 0 Å². The molecule has 9 heteroatoms. The number of alkyl halides is 3. The van der Waals surface area contributed by atoms with Gasteiger partial charge in [-0.15, -0.1) is 13.2 Å². The molecule has 0 aliphatic carbocycles. The van der Waals surface area contributed by atoms with E-state index in [1.807, 2.05) is 0 Å². The highest BCUT2D eigenvalue weighted by Crippen LogP contribution is 2.31. The van der Waals surface area contributed by atoms with Gasteiger partial charge in [-0.05, 0) is 35.9 Å². The molecule has 0 radical (unpaired) electrons. The van der Waals surface area contributed by atoms with Crippen LogP contribution >= 0.6 is 0 Å². The Hall–Kier alpha value is -3.23. The molecule has 0 saturated heterocycles. The number of nitrogens with zero attached hydrogens (tertiary/aromatic N) is 1. The number of aromatic carboxylic acids is 1. The van der Waals surface area contributed by atoms with Crippen molar-refractivity contribution in [3.05, 3.63) is 59.7 Å². The number of carbonyl (C=O) groups is 1. The van der Waals surface area contributed by atoms with Crippen LogP contribution < -0.4 is 9.47 Å². The van der Waals surface area contributed by atoms with Crippen molar-refractivity contribution in [2.45, 2.75) is 18.9 Å². The first kappa shape index (κ1) is 17.6. The van der Waals surface area contributed by atoms with E-state index in [1.54, 1.807) is 6.07 Å². The van der Waals surface area contributed by atoms with Gasteiger partial charge in [0.05, 0.1) is 12.0 Å². The first-order chi connectivity index (χ1) is 12.3. The van der Waals surface area contributed by atoms with Crippen molar-refractivity contribution < 1.29 is 37.4 Å². The molecule has 2 aromatic rings. The number of oxime groups is 1. The average molecular weight is 367 g/mol. The van der Waals surface area contributed by atoms with E-state index >= 15 is 0 Å². The van der Waals surface area contributed by atoms with Gasteiger partial charge in [-0.2, -0.15) is 0 Å². The number of carboxylic acids is 1. The van der Waals surface area contributed by atoms with Crippen LogP contribution in [0.25, 0.3) is 0 Å². The Morgan fingerprint density at radius 2 is 1.88 bits per heavy atom. The molecule has 1 heterocycles. The van der Waals surface area contributed by atoms with Crippen LogP contribution in [0.5, 0.6) is 11.5 Å². The van der Waals surface area contributed by atoms with Gasteiger partial charge in [0.25, 0.3) is 0 Å². The lowest BCUT2D eigenvalue weighted by Crippen LogP contribution is -2.17. The predicted octanol–water partition coefficient (Wildman–Crippen LogP) is 4.14. The van der Waals surface area contributed by atoms with E-state index in [2.05, 4.69) is 9.89 Å². The average Bonchev–Trinajstić information content (AvgIpc) is 3.03. The van der Waals surface area contributed by atoms with E-state index in [4.69, 9.17) is 14.7 Å². The van der Waals surface area contributed by atoms with Crippen molar-refractivity contribution >= 4 is 11.9 Å². The van der Waals surface area contributed by atoms with Gasteiger partial charge in [0.2, 0.25) is 5.90 Å². The Morgan fingerprint density at radius 3 is 2.54 bits per heavy atom. The second-order valence-corrected chi connectivity index (χ2v) is 5.34. The summed E-state index contributed by atoms with van der Waals surface area (Å²) in [7, 11) is 0. The quantitative estimate of drug-likeness (QED) is 0.879. The normalized spacial score (nSPS) is 16.6. The van der Waals surface area contributed by atoms with E-state index in [0.29, 0.717) is 11.3 Å². The molecule has 136 valence electrons. The maximum absolute atomic E-state index is 12.2. The van der Waals surface area contributed by atoms with Crippen LogP contribution in [0, 0.1) is 0 Å². The zero-order chi connectivity index (χ0) is 18.7. The molecule has 6 nitrogen and oxygen atoms in total. The summed E-state index contributed by atoms with van der Waals surface area (Å²) in [4.78, 5) is 16.2. The van der Waals surface area contributed by atoms with Crippen LogP contribution in [0.1, 0.15) is 28.4 Å². The molecule has 1 N–H and O–H groups in total. The molecule has 3 rings (SSSR count). The Kier molecular flexibility index (Phi) is 4.70. The summed E-state index contributed by atoms with van der Waals surface area (Å²) >= 11 is 0. The zero-order valence-electron chi connectivity index (χ0n) is 13.1. The molecule has 0 amide bonds. The van der Waals surface area contributed by atoms with Crippen LogP contribution in [0.3, 0.4) is 0 Å². The van der Waals surface area contributed by atoms with Gasteiger partial charge in [0, 0.05) is 0 Å². The molecule has 0 aromatic heterocycles. The van der Waals surface area contributed by atoms with Crippen LogP contribution in [0.15, 0.2) is 53.7 Å². The summed E-state index contributed by atoms with van der Waals surface area (Å²) < 4.78 is 45.8. The fraction of sp³-hybridized carbons (Fsp3) is 0.176. The summed E-state index contributed by atoms with van der Waals surface area (Å²) in [6.45, 7) is 0. The number of halogens is 3. The summed E-state index contributed by atoms with van der Waals surface area (Å²) in [5, 5.41) is 12.7. The summed E-state index contributed by atoms with van der Waals surface area (Å²) in [6.07, 6.45) is -5.02. The molecule has 0 spiro atoms. The predicted molar refractivity (Wildman–Crippen MR) is 83.0 cm³/mol. The first-order valence-electron chi connectivity index (χ1n) is 7.40. The third-order valence-electron chi connectivity index (χ3n) is 3.44. The number of ether oxygens (including phenoxy) is 2. The summed E-state index contributed by atoms with van der Waals surface area (Å²) in [5.74, 6) is -0.892. The maximum atomic E-state index is 12.2. The Morgan fingerprint density at radius 1 is 1.15 bits per heavy atom. The van der Waals surface area contributed by atoms with Gasteiger partial charge in [0.15, 0.2) is 6.10 Å². The van der Waals surface area contributed by atoms with E-state index in [9.17, 15) is 18.0 Å². The topological polar surface area (TPSA) is 77.4 Å². The Labute approximate surface area is 145 Å². The van der Waals surface area contributed by atoms with Crippen molar-refractivity contribution in [3.63, 3.8) is 0 Å². The second-order valence-electron chi connectivity index (χ2n) is 5.34. The number of hydrogen-bond acceptors (Lipinski definition) is 5. The van der Waals surface area contributed by atoms with E-state index in [-0.39, 0.29) is 23.6 Å². The zero-order valence-corrected chi connectivity index (χ0v) is 13.1. The van der Waals surface area contributed by atoms with Crippen molar-refractivity contribution in [3.8, 4) is 11.5 Å². The van der Waals surface area contributed by atoms with Crippen LogP contribution in [-0.2, 0) is 4.84 Å². The van der Waals surface area contributed by atoms with Gasteiger partial charge in [-0.1, -0.05) is 23.4 Å². The van der Waals surface area contributed by atoms with Gasteiger partial charge < -0.3 is 19.4 Å². The Balaban J connectivity index is 1.61. The van der Waals surface area contributed by atoms with Crippen molar-refractivity contribution in [2.75, 3.05) is 0 Å². The smallest absolute Gasteiger partial charge is 0.478 e. The molecule has 0 unspecified atom stereocenters. The fourth-order valence-corrected chi connectivity index (χ4v) is 2.31. The van der Waals surface area contributed by atoms with E-state index in [0.717, 1.165) is 0 Å². The highest BCUT2D eigenvalue weighted by Gasteiger charge is 2.31. The monoisotopic (exact) mass is 367 g/mol. The largest absolute Gasteiger partial charge is 0.573 e. The number of hydrogen-bond donors (Lipinski definition) is 1. The van der Waals surface area contributed by atoms with E-state index < -0.39 is 18.4 Å². The third kappa shape index (κ3) is 4.44. The molecule has 0 fully saturated rings. The summed E-state index contributed by atoms with van der Waals surface area (Å²) in [6, 6.07) is 11.1. The summed E-state index contributed by atoms with van der Waals surface area (Å²) in [5.41, 5.74) is 0.667. The van der Waals surface area contributed by atoms with Crippen molar-refractivity contribution in [1.29, 1.82) is 0 Å². The minimum Gasteiger partial charge on any atom is -0.478 e. The Bertz CT molecular complexity index is 833. The van der Waals surface area contributed by atoms with Gasteiger partial charge in [-0.25, -0.2) is 4.79 Å². The number of carboxylic acid groups (broad SMARTS) is 1. The molecule has 26 heavy (non-hydrogen) atoms. The SMILES string of the molecule is O=C(O)c1cccc(OC2=NO[C@@H](c3ccc(OC(F)(F)F)cc3)C2)c1. The van der Waals surface area contributed by atoms with Crippen LogP contribution in [0.2, 0.25) is 0 Å². The molecule has 1 atom stereocenters. The van der Waals surface area contributed by atoms with Gasteiger partial charge in [0.1, 0.15) is 11.5 Å². The highest BCUT2D eigenvalue weighted by molar-refractivity contribution is 5.88. The molecule has 1 aliphatic heterocycles. The minimum absolute atomic E-state index is 0.0684. The molecule has 0 saturated carbocycles. The van der Waals surface area contributed by atoms with Crippen molar-refractivity contribution in [2.24, 2.45) is 5.16 Å². The van der Waals surface area contributed by atoms with Gasteiger partial charge in [-0.3, -0.25) is 0 Å². The number of rotatable bonds is 4. The fourth-order valence-electron chi connectivity index (χ4n) is 2.31. The van der Waals surface area contributed by atoms with E-state index in [1.165, 1.54) is 42.5 Å². The maximum Gasteiger partial charge on any atom is 0.573 e.